The van der Waals surface area contributed by atoms with Crippen LogP contribution in [0.5, 0.6) is 0 Å². The molecule has 8 heteroatoms. The molecule has 3 heterocycles. The summed E-state index contributed by atoms with van der Waals surface area (Å²) in [5.41, 5.74) is 4.26. The van der Waals surface area contributed by atoms with E-state index < -0.39 is 15.3 Å². The van der Waals surface area contributed by atoms with E-state index in [2.05, 4.69) is 15.1 Å². The Labute approximate surface area is 188 Å². The molecule has 5 rings (SSSR count). The monoisotopic (exact) mass is 454 g/mol. The van der Waals surface area contributed by atoms with Crippen molar-refractivity contribution in [3.05, 3.63) is 82.9 Å². The van der Waals surface area contributed by atoms with Crippen LogP contribution in [0.2, 0.25) is 0 Å². The second kappa shape index (κ2) is 8.33. The molecule has 0 spiro atoms. The molecule has 0 amide bonds. The van der Waals surface area contributed by atoms with E-state index in [1.807, 2.05) is 49.5 Å². The maximum absolute atomic E-state index is 15.1. The first-order valence-corrected chi connectivity index (χ1v) is 12.5. The van der Waals surface area contributed by atoms with Gasteiger partial charge in [-0.25, -0.2) is 12.8 Å². The van der Waals surface area contributed by atoms with E-state index >= 15 is 4.39 Å². The van der Waals surface area contributed by atoms with Crippen LogP contribution in [0.15, 0.2) is 54.7 Å². The third-order valence-corrected chi connectivity index (χ3v) is 9.09. The Bertz CT molecular complexity index is 1210. The van der Waals surface area contributed by atoms with Gasteiger partial charge in [0.05, 0.1) is 6.20 Å². The highest BCUT2D eigenvalue weighted by atomic mass is 32.2. The molecule has 3 aromatic rings. The highest BCUT2D eigenvalue weighted by Gasteiger charge is 2.40. The first-order valence-electron chi connectivity index (χ1n) is 11.0. The molecule has 0 radical (unpaired) electrons. The predicted molar refractivity (Wildman–Crippen MR) is 122 cm³/mol. The quantitative estimate of drug-likeness (QED) is 0.643. The number of halogens is 1. The normalized spacial score (nSPS) is 23.1. The van der Waals surface area contributed by atoms with Crippen molar-refractivity contribution >= 4 is 15.7 Å². The lowest BCUT2D eigenvalue weighted by Crippen LogP contribution is -2.44. The average Bonchev–Trinajstić information content (AvgIpc) is 3.26. The molecule has 1 N–H and O–H groups in total. The molecule has 168 valence electrons. The van der Waals surface area contributed by atoms with Crippen molar-refractivity contribution in [3.63, 3.8) is 0 Å². The van der Waals surface area contributed by atoms with Crippen molar-refractivity contribution in [2.45, 2.75) is 50.6 Å². The summed E-state index contributed by atoms with van der Waals surface area (Å²) >= 11 is 0. The van der Waals surface area contributed by atoms with Crippen LogP contribution in [-0.2, 0) is 29.5 Å². The van der Waals surface area contributed by atoms with E-state index in [-0.39, 0.29) is 18.4 Å². The number of aromatic amines is 1. The van der Waals surface area contributed by atoms with Gasteiger partial charge in [0.1, 0.15) is 11.1 Å². The average molecular weight is 455 g/mol. The molecule has 6 nitrogen and oxygen atoms in total. The Morgan fingerprint density at radius 3 is 2.75 bits per heavy atom. The molecule has 2 atom stereocenters. The summed E-state index contributed by atoms with van der Waals surface area (Å²) in [6.07, 6.45) is 3.98. The number of hydrogen-bond donors (Lipinski definition) is 1. The Morgan fingerprint density at radius 1 is 1.16 bits per heavy atom. The van der Waals surface area contributed by atoms with Crippen LogP contribution in [0.25, 0.3) is 0 Å². The lowest BCUT2D eigenvalue weighted by molar-refractivity contribution is 0.279. The fraction of sp³-hybridized carbons (Fsp3) is 0.375. The number of H-pyrrole nitrogens is 1. The Hall–Kier alpha value is -2.71. The van der Waals surface area contributed by atoms with Crippen molar-refractivity contribution < 1.29 is 12.8 Å². The number of aromatic nitrogens is 2. The number of fused-ring (bicyclic) bond motifs is 1. The summed E-state index contributed by atoms with van der Waals surface area (Å²) in [5.74, 6) is -0.371. The highest BCUT2D eigenvalue weighted by Crippen LogP contribution is 2.38. The lowest BCUT2D eigenvalue weighted by atomic mass is 10.0. The molecule has 0 saturated carbocycles. The summed E-state index contributed by atoms with van der Waals surface area (Å²) in [7, 11) is -3.59. The molecule has 1 fully saturated rings. The number of hydrogen-bond acceptors (Lipinski definition) is 4. The third kappa shape index (κ3) is 3.82. The fourth-order valence-corrected chi connectivity index (χ4v) is 7.01. The predicted octanol–water partition coefficient (Wildman–Crippen LogP) is 4.17. The van der Waals surface area contributed by atoms with Gasteiger partial charge in [-0.3, -0.25) is 5.10 Å². The van der Waals surface area contributed by atoms with Gasteiger partial charge < -0.3 is 4.90 Å². The van der Waals surface area contributed by atoms with Crippen molar-refractivity contribution in [2.24, 2.45) is 0 Å². The van der Waals surface area contributed by atoms with Gasteiger partial charge in [-0.2, -0.15) is 9.40 Å². The summed E-state index contributed by atoms with van der Waals surface area (Å²) in [6, 6.07) is 14.3. The molecule has 2 aliphatic rings. The molecule has 2 unspecified atom stereocenters. The highest BCUT2D eigenvalue weighted by molar-refractivity contribution is 7.89. The lowest BCUT2D eigenvalue weighted by Gasteiger charge is -2.37. The van der Waals surface area contributed by atoms with E-state index in [1.54, 1.807) is 6.07 Å². The second-order valence-electron chi connectivity index (χ2n) is 8.74. The number of benzene rings is 2. The third-order valence-electron chi connectivity index (χ3n) is 6.72. The van der Waals surface area contributed by atoms with Gasteiger partial charge >= 0.3 is 0 Å². The van der Waals surface area contributed by atoms with E-state index in [0.717, 1.165) is 41.9 Å². The second-order valence-corrected chi connectivity index (χ2v) is 10.8. The number of nitrogens with zero attached hydrogens (tertiary/aromatic N) is 3. The van der Waals surface area contributed by atoms with Crippen LogP contribution in [0.4, 0.5) is 10.1 Å². The molecule has 2 aliphatic heterocycles. The maximum Gasteiger partial charge on any atom is 0.221 e. The van der Waals surface area contributed by atoms with Gasteiger partial charge in [0.15, 0.2) is 0 Å². The van der Waals surface area contributed by atoms with Crippen LogP contribution in [-0.4, -0.2) is 35.5 Å². The fourth-order valence-electron chi connectivity index (χ4n) is 4.82. The van der Waals surface area contributed by atoms with Gasteiger partial charge in [0.2, 0.25) is 10.0 Å². The minimum absolute atomic E-state index is 0.0465. The van der Waals surface area contributed by atoms with Crippen molar-refractivity contribution in [1.82, 2.24) is 14.5 Å². The van der Waals surface area contributed by atoms with Gasteiger partial charge in [-0.1, -0.05) is 36.4 Å². The molecule has 2 aromatic carbocycles. The minimum atomic E-state index is -3.59. The first-order chi connectivity index (χ1) is 15.4. The van der Waals surface area contributed by atoms with Gasteiger partial charge in [0.25, 0.3) is 0 Å². The van der Waals surface area contributed by atoms with Crippen LogP contribution < -0.4 is 4.90 Å². The zero-order chi connectivity index (χ0) is 22.3. The van der Waals surface area contributed by atoms with E-state index in [9.17, 15) is 8.42 Å². The zero-order valence-corrected chi connectivity index (χ0v) is 18.9. The minimum Gasteiger partial charge on any atom is -0.367 e. The van der Waals surface area contributed by atoms with E-state index in [0.29, 0.717) is 18.5 Å². The number of anilines is 1. The summed E-state index contributed by atoms with van der Waals surface area (Å²) < 4.78 is 43.5. The largest absolute Gasteiger partial charge is 0.367 e. The molecule has 1 saturated heterocycles. The van der Waals surface area contributed by atoms with Crippen LogP contribution >= 0.6 is 0 Å². The van der Waals surface area contributed by atoms with Crippen molar-refractivity contribution in [3.8, 4) is 0 Å². The van der Waals surface area contributed by atoms with Crippen LogP contribution in [0, 0.1) is 5.82 Å². The molecular weight excluding hydrogens is 427 g/mol. The SMILES string of the molecule is CC1CCC(c2ccccc2)S(=O)(=O)N1Cc1ccc(N2CCc3[nH]ncc3C2)cc1F. The number of sulfonamides is 1. The Kier molecular flexibility index (Phi) is 5.51. The smallest absolute Gasteiger partial charge is 0.221 e. The summed E-state index contributed by atoms with van der Waals surface area (Å²) in [6.45, 7) is 3.41. The standard InChI is InChI=1S/C24H27FN4O2S/c1-17-7-10-24(18-5-3-2-4-6-18)32(30,31)29(17)16-19-8-9-21(13-22(19)25)28-12-11-23-20(15-28)14-26-27-23/h2-6,8-9,13-14,17,24H,7,10-12,15-16H2,1H3,(H,26,27). The molecule has 1 aromatic heterocycles. The number of nitrogens with one attached hydrogen (secondary N) is 1. The topological polar surface area (TPSA) is 69.3 Å². The van der Waals surface area contributed by atoms with Gasteiger partial charge in [0, 0.05) is 54.6 Å². The van der Waals surface area contributed by atoms with Crippen LogP contribution in [0.1, 0.15) is 47.4 Å². The van der Waals surface area contributed by atoms with Crippen LogP contribution in [0.3, 0.4) is 0 Å². The Morgan fingerprint density at radius 2 is 1.97 bits per heavy atom. The molecule has 0 aliphatic carbocycles. The number of rotatable bonds is 4. The van der Waals surface area contributed by atoms with E-state index in [4.69, 9.17) is 0 Å². The first kappa shape index (κ1) is 21.2. The molecule has 0 bridgehead atoms. The molecular formula is C24H27FN4O2S. The Balaban J connectivity index is 1.37. The van der Waals surface area contributed by atoms with Gasteiger partial charge in [-0.15, -0.1) is 0 Å². The van der Waals surface area contributed by atoms with Crippen molar-refractivity contribution in [1.29, 1.82) is 0 Å². The van der Waals surface area contributed by atoms with Crippen molar-refractivity contribution in [2.75, 3.05) is 11.4 Å². The zero-order valence-electron chi connectivity index (χ0n) is 18.0. The molecule has 32 heavy (non-hydrogen) atoms. The van der Waals surface area contributed by atoms with E-state index in [1.165, 1.54) is 10.4 Å². The maximum atomic E-state index is 15.1. The summed E-state index contributed by atoms with van der Waals surface area (Å²) in [4.78, 5) is 2.12. The van der Waals surface area contributed by atoms with Gasteiger partial charge in [-0.05, 0) is 37.5 Å². The summed E-state index contributed by atoms with van der Waals surface area (Å²) in [5, 5.41) is 6.52.